The molecule has 0 aliphatic rings. The van der Waals surface area contributed by atoms with Gasteiger partial charge in [-0.3, -0.25) is 0 Å². The number of para-hydroxylation sites is 2. The molecule has 0 N–H and O–H groups in total. The van der Waals surface area contributed by atoms with Gasteiger partial charge in [-0.05, 0) is 52.2 Å². The van der Waals surface area contributed by atoms with Crippen molar-refractivity contribution in [3.8, 4) is 56.4 Å². The van der Waals surface area contributed by atoms with E-state index in [0.29, 0.717) is 17.5 Å². The zero-order valence-corrected chi connectivity index (χ0v) is 28.9. The van der Waals surface area contributed by atoms with E-state index in [2.05, 4.69) is 121 Å². The van der Waals surface area contributed by atoms with Gasteiger partial charge in [-0.2, -0.15) is 0 Å². The molecule has 0 fully saturated rings. The molecule has 11 aromatic rings. The molecule has 0 unspecified atom stereocenters. The highest BCUT2D eigenvalue weighted by Gasteiger charge is 2.18. The van der Waals surface area contributed by atoms with Gasteiger partial charge in [-0.25, -0.2) is 15.0 Å². The van der Waals surface area contributed by atoms with Crippen molar-refractivity contribution in [2.24, 2.45) is 0 Å². The van der Waals surface area contributed by atoms with Crippen LogP contribution in [0.5, 0.6) is 0 Å². The third-order valence-electron chi connectivity index (χ3n) is 10.3. The van der Waals surface area contributed by atoms with Crippen molar-refractivity contribution < 1.29 is 8.83 Å². The topological polar surface area (TPSA) is 65.0 Å². The summed E-state index contributed by atoms with van der Waals surface area (Å²) >= 11 is 0. The lowest BCUT2D eigenvalue weighted by Gasteiger charge is -2.09. The van der Waals surface area contributed by atoms with E-state index in [1.807, 2.05) is 54.6 Å². The quantitative estimate of drug-likeness (QED) is 0.180. The smallest absolute Gasteiger partial charge is 0.164 e. The average Bonchev–Trinajstić information content (AvgIpc) is 3.82. The maximum absolute atomic E-state index is 6.61. The van der Waals surface area contributed by atoms with Crippen LogP contribution in [0.15, 0.2) is 185 Å². The van der Waals surface area contributed by atoms with E-state index in [0.717, 1.165) is 93.6 Å². The Balaban J connectivity index is 1.08. The lowest BCUT2D eigenvalue weighted by Crippen LogP contribution is -2.00. The molecule has 8 aromatic carbocycles. The second-order valence-electron chi connectivity index (χ2n) is 13.6. The minimum atomic E-state index is 0.560. The number of rotatable bonds is 5. The fourth-order valence-corrected chi connectivity index (χ4v) is 7.66. The fourth-order valence-electron chi connectivity index (χ4n) is 7.66. The monoisotopic (exact) mass is 691 g/mol. The predicted molar refractivity (Wildman–Crippen MR) is 219 cm³/mol. The van der Waals surface area contributed by atoms with Crippen LogP contribution in [0.25, 0.3) is 111 Å². The molecule has 0 radical (unpaired) electrons. The summed E-state index contributed by atoms with van der Waals surface area (Å²) in [5.74, 6) is 1.71. The van der Waals surface area contributed by atoms with Gasteiger partial charge in [0.05, 0.1) is 0 Å². The Bertz CT molecular complexity index is 3040. The van der Waals surface area contributed by atoms with Crippen LogP contribution in [0.4, 0.5) is 0 Å². The van der Waals surface area contributed by atoms with E-state index >= 15 is 0 Å². The normalized spacial score (nSPS) is 11.7. The Labute approximate surface area is 309 Å². The Morgan fingerprint density at radius 1 is 0.296 bits per heavy atom. The molecule has 0 saturated heterocycles. The molecular formula is C49H29N3O2. The number of aromatic nitrogens is 3. The van der Waals surface area contributed by atoms with Gasteiger partial charge in [-0.15, -0.1) is 0 Å². The first-order chi connectivity index (χ1) is 26.7. The zero-order chi connectivity index (χ0) is 35.6. The van der Waals surface area contributed by atoms with Gasteiger partial charge < -0.3 is 8.83 Å². The molecule has 54 heavy (non-hydrogen) atoms. The van der Waals surface area contributed by atoms with Crippen LogP contribution in [-0.2, 0) is 0 Å². The third-order valence-corrected chi connectivity index (χ3v) is 10.3. The van der Waals surface area contributed by atoms with Gasteiger partial charge in [0.2, 0.25) is 0 Å². The molecule has 3 heterocycles. The molecule has 252 valence electrons. The fraction of sp³-hybridized carbons (Fsp3) is 0. The maximum atomic E-state index is 6.61. The Morgan fingerprint density at radius 2 is 0.741 bits per heavy atom. The van der Waals surface area contributed by atoms with Gasteiger partial charge >= 0.3 is 0 Å². The van der Waals surface area contributed by atoms with Crippen LogP contribution < -0.4 is 0 Å². The van der Waals surface area contributed by atoms with Crippen molar-refractivity contribution in [3.05, 3.63) is 176 Å². The summed E-state index contributed by atoms with van der Waals surface area (Å²) in [6.45, 7) is 0. The van der Waals surface area contributed by atoms with Crippen LogP contribution in [0.2, 0.25) is 0 Å². The molecule has 3 aromatic heterocycles. The third kappa shape index (κ3) is 4.98. The first-order valence-electron chi connectivity index (χ1n) is 18.0. The van der Waals surface area contributed by atoms with Crippen LogP contribution in [0.3, 0.4) is 0 Å². The van der Waals surface area contributed by atoms with Crippen molar-refractivity contribution in [2.75, 3.05) is 0 Å². The highest BCUT2D eigenvalue weighted by atomic mass is 16.3. The van der Waals surface area contributed by atoms with E-state index in [1.54, 1.807) is 0 Å². The van der Waals surface area contributed by atoms with Crippen LogP contribution >= 0.6 is 0 Å². The lowest BCUT2D eigenvalue weighted by molar-refractivity contribution is 0.670. The number of fused-ring (bicyclic) bond motifs is 7. The summed E-state index contributed by atoms with van der Waals surface area (Å²) in [5.41, 5.74) is 10.2. The standard InChI is InChI=1S/C49H29N3O2/c1-3-12-31(13-4-1)37-17-9-19-41-39-25-23-35(28-43(39)53-45(37)41)48-50-47(34-22-21-30-11-7-8-16-33(30)27-34)51-49(52-48)36-24-26-40-42-20-10-18-38(32-14-5-2-6-15-32)46(42)54-44(40)29-36/h1-29H. The molecule has 5 heteroatoms. The predicted octanol–water partition coefficient (Wildman–Crippen LogP) is 13.2. The van der Waals surface area contributed by atoms with Gasteiger partial charge in [-0.1, -0.05) is 146 Å². The first-order valence-corrected chi connectivity index (χ1v) is 18.0. The maximum Gasteiger partial charge on any atom is 0.164 e. The van der Waals surface area contributed by atoms with Gasteiger partial charge in [0.1, 0.15) is 22.3 Å². The van der Waals surface area contributed by atoms with E-state index in [4.69, 9.17) is 23.8 Å². The SMILES string of the molecule is c1ccc(-c2cccc3c2oc2cc(-c4nc(-c5ccc6ccccc6c5)nc(-c5ccc6c(c5)oc5c(-c7ccccc7)cccc56)n4)ccc23)cc1. The molecule has 0 spiro atoms. The van der Waals surface area contributed by atoms with Crippen molar-refractivity contribution in [1.29, 1.82) is 0 Å². The first kappa shape index (κ1) is 30.3. The van der Waals surface area contributed by atoms with Crippen molar-refractivity contribution in [3.63, 3.8) is 0 Å². The Kier molecular flexibility index (Phi) is 6.79. The van der Waals surface area contributed by atoms with Gasteiger partial charge in [0, 0.05) is 49.4 Å². The number of nitrogens with zero attached hydrogens (tertiary/aromatic N) is 3. The second kappa shape index (κ2) is 12.1. The number of hydrogen-bond donors (Lipinski definition) is 0. The van der Waals surface area contributed by atoms with E-state index in [9.17, 15) is 0 Å². The molecule has 0 bridgehead atoms. The van der Waals surface area contributed by atoms with Crippen LogP contribution in [0, 0.1) is 0 Å². The Hall–Kier alpha value is -7.37. The van der Waals surface area contributed by atoms with Gasteiger partial charge in [0.15, 0.2) is 17.5 Å². The molecule has 0 saturated carbocycles. The van der Waals surface area contributed by atoms with E-state index in [-0.39, 0.29) is 0 Å². The lowest BCUT2D eigenvalue weighted by atomic mass is 10.0. The summed E-state index contributed by atoms with van der Waals surface area (Å²) in [6.07, 6.45) is 0. The highest BCUT2D eigenvalue weighted by molar-refractivity contribution is 6.11. The Morgan fingerprint density at radius 3 is 1.26 bits per heavy atom. The molecule has 0 aliphatic carbocycles. The molecule has 0 aliphatic heterocycles. The van der Waals surface area contributed by atoms with Crippen molar-refractivity contribution >= 4 is 54.6 Å². The molecular weight excluding hydrogens is 663 g/mol. The molecule has 0 atom stereocenters. The highest BCUT2D eigenvalue weighted by Crippen LogP contribution is 2.39. The average molecular weight is 692 g/mol. The molecule has 11 rings (SSSR count). The largest absolute Gasteiger partial charge is 0.455 e. The van der Waals surface area contributed by atoms with Crippen molar-refractivity contribution in [1.82, 2.24) is 15.0 Å². The summed E-state index contributed by atoms with van der Waals surface area (Å²) in [7, 11) is 0. The van der Waals surface area contributed by atoms with Gasteiger partial charge in [0.25, 0.3) is 0 Å². The van der Waals surface area contributed by atoms with Crippen LogP contribution in [-0.4, -0.2) is 15.0 Å². The second-order valence-corrected chi connectivity index (χ2v) is 13.6. The molecule has 0 amide bonds. The number of hydrogen-bond acceptors (Lipinski definition) is 5. The molecule has 5 nitrogen and oxygen atoms in total. The van der Waals surface area contributed by atoms with Crippen molar-refractivity contribution in [2.45, 2.75) is 0 Å². The summed E-state index contributed by atoms with van der Waals surface area (Å²) in [6, 6.07) is 60.4. The minimum Gasteiger partial charge on any atom is -0.455 e. The number of benzene rings is 8. The van der Waals surface area contributed by atoms with E-state index < -0.39 is 0 Å². The summed E-state index contributed by atoms with van der Waals surface area (Å²) in [5, 5.41) is 6.50. The minimum absolute atomic E-state index is 0.560. The summed E-state index contributed by atoms with van der Waals surface area (Å²) in [4.78, 5) is 15.3. The zero-order valence-electron chi connectivity index (χ0n) is 28.9. The summed E-state index contributed by atoms with van der Waals surface area (Å²) < 4.78 is 13.2. The number of furan rings is 2. The van der Waals surface area contributed by atoms with Crippen LogP contribution in [0.1, 0.15) is 0 Å². The van der Waals surface area contributed by atoms with E-state index in [1.165, 1.54) is 0 Å².